The van der Waals surface area contributed by atoms with Gasteiger partial charge in [-0.2, -0.15) is 0 Å². The third-order valence-corrected chi connectivity index (χ3v) is 7.07. The molecule has 0 saturated carbocycles. The van der Waals surface area contributed by atoms with Crippen LogP contribution in [0.25, 0.3) is 10.9 Å². The molecule has 0 spiro atoms. The predicted molar refractivity (Wildman–Crippen MR) is 114 cm³/mol. The summed E-state index contributed by atoms with van der Waals surface area (Å²) in [5.74, 6) is 0.699. The quantitative estimate of drug-likeness (QED) is 0.543. The van der Waals surface area contributed by atoms with Gasteiger partial charge in [0.2, 0.25) is 9.84 Å². The van der Waals surface area contributed by atoms with Crippen molar-refractivity contribution >= 4 is 20.7 Å². The fourth-order valence-corrected chi connectivity index (χ4v) is 5.03. The Bertz CT molecular complexity index is 1060. The fraction of sp³-hybridized carbons (Fsp3) is 0.348. The summed E-state index contributed by atoms with van der Waals surface area (Å²) in [7, 11) is -3.59. The van der Waals surface area contributed by atoms with Gasteiger partial charge in [-0.1, -0.05) is 36.8 Å². The average molecular weight is 411 g/mol. The Morgan fingerprint density at radius 1 is 0.931 bits per heavy atom. The highest BCUT2D eigenvalue weighted by Crippen LogP contribution is 2.28. The molecule has 152 valence electrons. The summed E-state index contributed by atoms with van der Waals surface area (Å²) in [6, 6.07) is 15.7. The lowest BCUT2D eigenvalue weighted by Gasteiger charge is -2.26. The molecule has 3 aromatic rings. The second-order valence-corrected chi connectivity index (χ2v) is 9.37. The Morgan fingerprint density at radius 3 is 2.52 bits per heavy atom. The number of nitrogens with zero attached hydrogens (tertiary/aromatic N) is 2. The van der Waals surface area contributed by atoms with Crippen molar-refractivity contribution < 1.29 is 13.2 Å². The smallest absolute Gasteiger partial charge is 0.208 e. The van der Waals surface area contributed by atoms with Gasteiger partial charge >= 0.3 is 0 Å². The molecule has 1 aromatic heterocycles. The number of para-hydroxylation sites is 1. The van der Waals surface area contributed by atoms with Crippen molar-refractivity contribution in [2.45, 2.75) is 35.5 Å². The number of benzene rings is 2. The van der Waals surface area contributed by atoms with Gasteiger partial charge in [0, 0.05) is 18.1 Å². The number of rotatable bonds is 7. The van der Waals surface area contributed by atoms with Crippen molar-refractivity contribution in [3.63, 3.8) is 0 Å². The van der Waals surface area contributed by atoms with Gasteiger partial charge in [0.15, 0.2) is 0 Å². The van der Waals surface area contributed by atoms with Crippen molar-refractivity contribution in [3.8, 4) is 5.75 Å². The number of hydrogen-bond donors (Lipinski definition) is 0. The molecule has 0 N–H and O–H groups in total. The molecule has 5 nitrogen and oxygen atoms in total. The van der Waals surface area contributed by atoms with Crippen LogP contribution in [0.15, 0.2) is 70.6 Å². The molecular weight excluding hydrogens is 384 g/mol. The first kappa shape index (κ1) is 19.9. The second kappa shape index (κ2) is 8.93. The SMILES string of the molecule is O=S(=O)(c1ccccc1)c1cnc2c(OCCCN3CCCCC3)cccc2c1. The van der Waals surface area contributed by atoms with Crippen LogP contribution in [-0.2, 0) is 9.84 Å². The van der Waals surface area contributed by atoms with Crippen molar-refractivity contribution in [2.75, 3.05) is 26.2 Å². The highest BCUT2D eigenvalue weighted by atomic mass is 32.2. The number of sulfone groups is 1. The standard InChI is InChI=1S/C23H26N2O3S/c26-29(27,20-10-3-1-4-11-20)21-17-19-9-7-12-22(23(19)24-18-21)28-16-8-15-25-13-5-2-6-14-25/h1,3-4,7,9-12,17-18H,2,5-6,8,13-16H2. The van der Waals surface area contributed by atoms with Crippen molar-refractivity contribution in [1.82, 2.24) is 9.88 Å². The molecular formula is C23H26N2O3S. The van der Waals surface area contributed by atoms with Gasteiger partial charge in [0.05, 0.1) is 16.4 Å². The zero-order valence-corrected chi connectivity index (χ0v) is 17.3. The van der Waals surface area contributed by atoms with E-state index < -0.39 is 9.84 Å². The van der Waals surface area contributed by atoms with Gasteiger partial charge in [0.1, 0.15) is 11.3 Å². The van der Waals surface area contributed by atoms with Crippen LogP contribution in [0, 0.1) is 0 Å². The molecule has 6 heteroatoms. The molecule has 4 rings (SSSR count). The lowest BCUT2D eigenvalue weighted by molar-refractivity contribution is 0.205. The monoisotopic (exact) mass is 410 g/mol. The highest BCUT2D eigenvalue weighted by Gasteiger charge is 2.19. The number of pyridine rings is 1. The minimum atomic E-state index is -3.59. The second-order valence-electron chi connectivity index (χ2n) is 7.42. The molecule has 1 aliphatic rings. The van der Waals surface area contributed by atoms with E-state index in [9.17, 15) is 8.42 Å². The number of hydrogen-bond acceptors (Lipinski definition) is 5. The third-order valence-electron chi connectivity index (χ3n) is 5.34. The number of likely N-dealkylation sites (tertiary alicyclic amines) is 1. The summed E-state index contributed by atoms with van der Waals surface area (Å²) in [5.41, 5.74) is 0.692. The largest absolute Gasteiger partial charge is 0.491 e. The zero-order chi connectivity index (χ0) is 20.1. The van der Waals surface area contributed by atoms with Crippen LogP contribution < -0.4 is 4.74 Å². The van der Waals surface area contributed by atoms with E-state index >= 15 is 0 Å². The first-order chi connectivity index (χ1) is 14.1. The minimum Gasteiger partial charge on any atom is -0.491 e. The maximum absolute atomic E-state index is 12.8. The summed E-state index contributed by atoms with van der Waals surface area (Å²) in [5, 5.41) is 0.760. The molecule has 0 atom stereocenters. The van der Waals surface area contributed by atoms with Crippen molar-refractivity contribution in [1.29, 1.82) is 0 Å². The predicted octanol–water partition coefficient (Wildman–Crippen LogP) is 4.32. The summed E-state index contributed by atoms with van der Waals surface area (Å²) in [4.78, 5) is 7.38. The van der Waals surface area contributed by atoms with E-state index in [1.54, 1.807) is 36.4 Å². The number of ether oxygens (including phenoxy) is 1. The Labute approximate surface area is 172 Å². The van der Waals surface area contributed by atoms with Crippen LogP contribution in [0.1, 0.15) is 25.7 Å². The lowest BCUT2D eigenvalue weighted by Crippen LogP contribution is -2.31. The Hall–Kier alpha value is -2.44. The fourth-order valence-electron chi connectivity index (χ4n) is 3.77. The van der Waals surface area contributed by atoms with E-state index in [4.69, 9.17) is 4.74 Å². The summed E-state index contributed by atoms with van der Waals surface area (Å²) in [6.45, 7) is 4.06. The molecule has 1 aliphatic heterocycles. The number of aromatic nitrogens is 1. The minimum absolute atomic E-state index is 0.193. The molecule has 1 saturated heterocycles. The summed E-state index contributed by atoms with van der Waals surface area (Å²) in [6.07, 6.45) is 6.32. The van der Waals surface area contributed by atoms with E-state index in [0.29, 0.717) is 17.9 Å². The van der Waals surface area contributed by atoms with Gasteiger partial charge in [-0.05, 0) is 56.6 Å². The molecule has 2 heterocycles. The van der Waals surface area contributed by atoms with Crippen LogP contribution in [0.4, 0.5) is 0 Å². The number of fused-ring (bicyclic) bond motifs is 1. The van der Waals surface area contributed by atoms with E-state index in [0.717, 1.165) is 18.4 Å². The summed E-state index contributed by atoms with van der Waals surface area (Å²) < 4.78 is 31.7. The van der Waals surface area contributed by atoms with E-state index in [2.05, 4.69) is 9.88 Å². The van der Waals surface area contributed by atoms with Gasteiger partial charge < -0.3 is 9.64 Å². The van der Waals surface area contributed by atoms with E-state index in [1.807, 2.05) is 18.2 Å². The van der Waals surface area contributed by atoms with Gasteiger partial charge in [-0.25, -0.2) is 8.42 Å². The Balaban J connectivity index is 1.48. The maximum Gasteiger partial charge on any atom is 0.208 e. The van der Waals surface area contributed by atoms with Crippen molar-refractivity contribution in [2.24, 2.45) is 0 Å². The molecule has 0 amide bonds. The first-order valence-corrected chi connectivity index (χ1v) is 11.7. The van der Waals surface area contributed by atoms with Crippen LogP contribution in [0.2, 0.25) is 0 Å². The van der Waals surface area contributed by atoms with Crippen molar-refractivity contribution in [3.05, 3.63) is 60.8 Å². The van der Waals surface area contributed by atoms with Gasteiger partial charge in [-0.3, -0.25) is 4.98 Å². The Kier molecular flexibility index (Phi) is 6.11. The summed E-state index contributed by atoms with van der Waals surface area (Å²) >= 11 is 0. The third kappa shape index (κ3) is 4.60. The molecule has 0 bridgehead atoms. The average Bonchev–Trinajstić information content (AvgIpc) is 2.77. The van der Waals surface area contributed by atoms with Gasteiger partial charge in [0.25, 0.3) is 0 Å². The lowest BCUT2D eigenvalue weighted by atomic mass is 10.1. The zero-order valence-electron chi connectivity index (χ0n) is 16.5. The van der Waals surface area contributed by atoms with Crippen LogP contribution >= 0.6 is 0 Å². The highest BCUT2D eigenvalue weighted by molar-refractivity contribution is 7.91. The van der Waals surface area contributed by atoms with Crippen LogP contribution in [0.3, 0.4) is 0 Å². The van der Waals surface area contributed by atoms with E-state index in [1.165, 1.54) is 38.5 Å². The maximum atomic E-state index is 12.8. The molecule has 0 unspecified atom stereocenters. The Morgan fingerprint density at radius 2 is 1.72 bits per heavy atom. The molecule has 0 aliphatic carbocycles. The number of piperidine rings is 1. The molecule has 2 aromatic carbocycles. The first-order valence-electron chi connectivity index (χ1n) is 10.2. The van der Waals surface area contributed by atoms with E-state index in [-0.39, 0.29) is 9.79 Å². The molecule has 0 radical (unpaired) electrons. The van der Waals surface area contributed by atoms with Crippen LogP contribution in [0.5, 0.6) is 5.75 Å². The van der Waals surface area contributed by atoms with Crippen LogP contribution in [-0.4, -0.2) is 44.5 Å². The molecule has 1 fully saturated rings. The normalized spacial score (nSPS) is 15.4. The molecule has 29 heavy (non-hydrogen) atoms. The van der Waals surface area contributed by atoms with Gasteiger partial charge in [-0.15, -0.1) is 0 Å². The topological polar surface area (TPSA) is 59.5 Å².